The summed E-state index contributed by atoms with van der Waals surface area (Å²) in [6, 6.07) is 7.31. The number of nitrogens with one attached hydrogen (secondary N) is 1. The van der Waals surface area contributed by atoms with Gasteiger partial charge in [0, 0.05) is 16.6 Å². The average Bonchev–Trinajstić information content (AvgIpc) is 2.25. The molecular weight excluding hydrogens is 298 g/mol. The molecule has 0 spiro atoms. The number of aliphatic hydroxyl groups is 1. The second-order valence-corrected chi connectivity index (χ2v) is 5.57. The minimum atomic E-state index is -0.424. The lowest BCUT2D eigenvalue weighted by atomic mass is 10.0. The molecule has 2 N–H and O–H groups in total. The maximum absolute atomic E-state index is 11.7. The second-order valence-electron chi connectivity index (χ2n) is 4.65. The normalized spacial score (nSPS) is 11.1. The molecule has 0 aliphatic heterocycles. The molecule has 0 radical (unpaired) electrons. The average molecular weight is 316 g/mol. The number of benzene rings is 1. The van der Waals surface area contributed by atoms with E-state index in [0.717, 1.165) is 4.47 Å². The number of carbonyl (C=O) groups is 1. The Morgan fingerprint density at radius 1 is 1.50 bits per heavy atom. The molecule has 0 aliphatic carbocycles. The van der Waals surface area contributed by atoms with Crippen LogP contribution in [0.25, 0.3) is 0 Å². The predicted molar refractivity (Wildman–Crippen MR) is 73.6 cm³/mol. The molecule has 0 atom stereocenters. The molecule has 1 rings (SSSR count). The molecule has 100 valence electrons. The van der Waals surface area contributed by atoms with Crippen molar-refractivity contribution in [1.82, 2.24) is 5.32 Å². The maximum Gasteiger partial charge on any atom is 0.258 e. The smallest absolute Gasteiger partial charge is 0.258 e. The molecule has 1 aromatic rings. The van der Waals surface area contributed by atoms with E-state index in [1.807, 2.05) is 26.0 Å². The van der Waals surface area contributed by atoms with Gasteiger partial charge in [0.25, 0.3) is 5.91 Å². The summed E-state index contributed by atoms with van der Waals surface area (Å²) in [5.41, 5.74) is -0.424. The molecule has 1 aromatic carbocycles. The zero-order valence-corrected chi connectivity index (χ0v) is 12.2. The number of ether oxygens (including phenoxy) is 1. The summed E-state index contributed by atoms with van der Waals surface area (Å²) in [4.78, 5) is 11.7. The molecule has 0 saturated carbocycles. The van der Waals surface area contributed by atoms with Crippen LogP contribution in [0.15, 0.2) is 28.7 Å². The van der Waals surface area contributed by atoms with Crippen molar-refractivity contribution in [3.63, 3.8) is 0 Å². The number of hydrogen-bond acceptors (Lipinski definition) is 3. The summed E-state index contributed by atoms with van der Waals surface area (Å²) in [7, 11) is 0. The van der Waals surface area contributed by atoms with Gasteiger partial charge in [0.15, 0.2) is 6.61 Å². The van der Waals surface area contributed by atoms with Gasteiger partial charge < -0.3 is 15.2 Å². The zero-order chi connectivity index (χ0) is 13.6. The number of amides is 1. The maximum atomic E-state index is 11.7. The number of carbonyl (C=O) groups excluding carboxylic acids is 1. The van der Waals surface area contributed by atoms with Gasteiger partial charge in [-0.15, -0.1) is 0 Å². The van der Waals surface area contributed by atoms with Gasteiger partial charge in [-0.2, -0.15) is 0 Å². The van der Waals surface area contributed by atoms with Crippen LogP contribution in [0.3, 0.4) is 0 Å². The molecule has 0 aliphatic rings. The summed E-state index contributed by atoms with van der Waals surface area (Å²) in [6.45, 7) is 3.73. The minimum Gasteiger partial charge on any atom is -0.484 e. The molecule has 1 amide bonds. The van der Waals surface area contributed by atoms with Gasteiger partial charge in [0.1, 0.15) is 5.75 Å². The van der Waals surface area contributed by atoms with Crippen LogP contribution in [0.5, 0.6) is 5.75 Å². The van der Waals surface area contributed by atoms with E-state index in [-0.39, 0.29) is 19.1 Å². The Morgan fingerprint density at radius 2 is 2.22 bits per heavy atom. The summed E-state index contributed by atoms with van der Waals surface area (Å²) < 4.78 is 6.27. The number of rotatable bonds is 6. The van der Waals surface area contributed by atoms with E-state index in [2.05, 4.69) is 21.2 Å². The monoisotopic (exact) mass is 315 g/mol. The summed E-state index contributed by atoms with van der Waals surface area (Å²) in [6.07, 6.45) is 0.510. The first-order chi connectivity index (χ1) is 8.43. The lowest BCUT2D eigenvalue weighted by Crippen LogP contribution is -2.46. The first-order valence-electron chi connectivity index (χ1n) is 5.73. The summed E-state index contributed by atoms with van der Waals surface area (Å²) in [5.74, 6) is 0.438. The van der Waals surface area contributed by atoms with Crippen LogP contribution in [-0.2, 0) is 4.79 Å². The van der Waals surface area contributed by atoms with Crippen LogP contribution in [0, 0.1) is 0 Å². The van der Waals surface area contributed by atoms with E-state index in [4.69, 9.17) is 9.84 Å². The highest BCUT2D eigenvalue weighted by atomic mass is 79.9. The fraction of sp³-hybridized carbons (Fsp3) is 0.462. The van der Waals surface area contributed by atoms with Crippen LogP contribution < -0.4 is 10.1 Å². The Morgan fingerprint density at radius 3 is 2.83 bits per heavy atom. The number of halogens is 1. The summed E-state index contributed by atoms with van der Waals surface area (Å²) in [5, 5.41) is 11.7. The van der Waals surface area contributed by atoms with Crippen molar-refractivity contribution in [3.05, 3.63) is 28.7 Å². The van der Waals surface area contributed by atoms with Crippen molar-refractivity contribution in [2.45, 2.75) is 25.8 Å². The van der Waals surface area contributed by atoms with E-state index < -0.39 is 5.54 Å². The van der Waals surface area contributed by atoms with Gasteiger partial charge in [0.2, 0.25) is 0 Å². The van der Waals surface area contributed by atoms with Gasteiger partial charge in [-0.05, 0) is 38.5 Å². The van der Waals surface area contributed by atoms with E-state index in [1.54, 1.807) is 12.1 Å². The summed E-state index contributed by atoms with van der Waals surface area (Å²) >= 11 is 3.33. The fourth-order valence-electron chi connectivity index (χ4n) is 1.46. The third kappa shape index (κ3) is 5.51. The van der Waals surface area contributed by atoms with Crippen molar-refractivity contribution >= 4 is 21.8 Å². The van der Waals surface area contributed by atoms with E-state index in [0.29, 0.717) is 12.2 Å². The Bertz CT molecular complexity index is 407. The predicted octanol–water partition coefficient (Wildman–Crippen LogP) is 2.11. The molecule has 4 nitrogen and oxygen atoms in total. The van der Waals surface area contributed by atoms with Crippen LogP contribution in [0.1, 0.15) is 20.3 Å². The molecule has 0 bridgehead atoms. The molecule has 5 heteroatoms. The number of hydrogen-bond donors (Lipinski definition) is 2. The highest BCUT2D eigenvalue weighted by Gasteiger charge is 2.19. The van der Waals surface area contributed by atoms with Gasteiger partial charge >= 0.3 is 0 Å². The van der Waals surface area contributed by atoms with Crippen LogP contribution in [0.4, 0.5) is 0 Å². The van der Waals surface area contributed by atoms with Gasteiger partial charge in [-0.3, -0.25) is 4.79 Å². The Kier molecular flexibility index (Phi) is 5.62. The molecule has 18 heavy (non-hydrogen) atoms. The van der Waals surface area contributed by atoms with Gasteiger partial charge in [-0.1, -0.05) is 22.0 Å². The molecular formula is C13H18BrNO3. The van der Waals surface area contributed by atoms with Crippen LogP contribution >= 0.6 is 15.9 Å². The SMILES string of the molecule is CC(C)(CCO)NC(=O)COc1cccc(Br)c1. The molecule has 0 saturated heterocycles. The van der Waals surface area contributed by atoms with Gasteiger partial charge in [-0.25, -0.2) is 0 Å². The highest BCUT2D eigenvalue weighted by molar-refractivity contribution is 9.10. The van der Waals surface area contributed by atoms with Crippen molar-refractivity contribution < 1.29 is 14.6 Å². The van der Waals surface area contributed by atoms with Crippen molar-refractivity contribution in [2.24, 2.45) is 0 Å². The quantitative estimate of drug-likeness (QED) is 0.845. The topological polar surface area (TPSA) is 58.6 Å². The van der Waals surface area contributed by atoms with Gasteiger partial charge in [0.05, 0.1) is 0 Å². The van der Waals surface area contributed by atoms with E-state index in [9.17, 15) is 4.79 Å². The Labute approximate surface area is 115 Å². The minimum absolute atomic E-state index is 0.0364. The standard InChI is InChI=1S/C13H18BrNO3/c1-13(2,6-7-16)15-12(17)9-18-11-5-3-4-10(14)8-11/h3-5,8,16H,6-7,9H2,1-2H3,(H,15,17). The third-order valence-corrected chi connectivity index (χ3v) is 2.87. The largest absolute Gasteiger partial charge is 0.484 e. The fourth-order valence-corrected chi connectivity index (χ4v) is 1.84. The van der Waals surface area contributed by atoms with Crippen molar-refractivity contribution in [2.75, 3.05) is 13.2 Å². The second kappa shape index (κ2) is 6.75. The lowest BCUT2D eigenvalue weighted by molar-refractivity contribution is -0.124. The Balaban J connectivity index is 2.42. The van der Waals surface area contributed by atoms with Crippen molar-refractivity contribution in [1.29, 1.82) is 0 Å². The molecule has 0 unspecified atom stereocenters. The lowest BCUT2D eigenvalue weighted by Gasteiger charge is -2.25. The van der Waals surface area contributed by atoms with Crippen LogP contribution in [-0.4, -0.2) is 29.8 Å². The van der Waals surface area contributed by atoms with Crippen LogP contribution in [0.2, 0.25) is 0 Å². The molecule has 0 aromatic heterocycles. The Hall–Kier alpha value is -1.07. The first-order valence-corrected chi connectivity index (χ1v) is 6.52. The zero-order valence-electron chi connectivity index (χ0n) is 10.6. The van der Waals surface area contributed by atoms with Crippen molar-refractivity contribution in [3.8, 4) is 5.75 Å². The molecule has 0 heterocycles. The highest BCUT2D eigenvalue weighted by Crippen LogP contribution is 2.17. The van der Waals surface area contributed by atoms with E-state index in [1.165, 1.54) is 0 Å². The molecule has 0 fully saturated rings. The van der Waals surface area contributed by atoms with E-state index >= 15 is 0 Å². The number of aliphatic hydroxyl groups excluding tert-OH is 1. The third-order valence-electron chi connectivity index (χ3n) is 2.38. The first kappa shape index (κ1) is 15.0.